The van der Waals surface area contributed by atoms with E-state index in [4.69, 9.17) is 15.2 Å². The number of aryl methyl sites for hydroxylation is 1. The van der Waals surface area contributed by atoms with Gasteiger partial charge in [0.25, 0.3) is 0 Å². The number of nitrogen functional groups attached to an aromatic ring is 1. The summed E-state index contributed by atoms with van der Waals surface area (Å²) in [6.45, 7) is 5.47. The maximum atomic E-state index is 6.11. The third kappa shape index (κ3) is 2.68. The number of benzene rings is 2. The van der Waals surface area contributed by atoms with Crippen LogP contribution in [-0.2, 0) is 0 Å². The standard InChI is InChI=1S/C18H21NO2/c1-12-7-8-16(19)13(2)18(12)21-11-14-9-10-20-17-6-4-3-5-15(14)17/h3-8,14H,9-11,19H2,1-2H3. The van der Waals surface area contributed by atoms with E-state index in [0.717, 1.165) is 41.3 Å². The van der Waals surface area contributed by atoms with Gasteiger partial charge in [-0.25, -0.2) is 0 Å². The third-order valence-corrected chi connectivity index (χ3v) is 4.16. The van der Waals surface area contributed by atoms with Crippen LogP contribution in [0.5, 0.6) is 11.5 Å². The molecule has 0 saturated heterocycles. The molecule has 0 spiro atoms. The smallest absolute Gasteiger partial charge is 0.127 e. The molecule has 1 aliphatic rings. The fourth-order valence-electron chi connectivity index (χ4n) is 2.84. The van der Waals surface area contributed by atoms with Gasteiger partial charge < -0.3 is 15.2 Å². The first-order valence-corrected chi connectivity index (χ1v) is 7.37. The van der Waals surface area contributed by atoms with E-state index in [9.17, 15) is 0 Å². The van der Waals surface area contributed by atoms with E-state index in [1.165, 1.54) is 5.56 Å². The van der Waals surface area contributed by atoms with Crippen LogP contribution in [0.15, 0.2) is 36.4 Å². The van der Waals surface area contributed by atoms with Gasteiger partial charge in [0, 0.05) is 22.7 Å². The second-order valence-electron chi connectivity index (χ2n) is 5.61. The average Bonchev–Trinajstić information content (AvgIpc) is 2.51. The summed E-state index contributed by atoms with van der Waals surface area (Å²) >= 11 is 0. The zero-order valence-corrected chi connectivity index (χ0v) is 12.6. The monoisotopic (exact) mass is 283 g/mol. The SMILES string of the molecule is Cc1ccc(N)c(C)c1OCC1CCOc2ccccc21. The minimum atomic E-state index is 0.371. The molecule has 2 aromatic carbocycles. The Morgan fingerprint density at radius 1 is 1.19 bits per heavy atom. The lowest BCUT2D eigenvalue weighted by Crippen LogP contribution is -2.20. The highest BCUT2D eigenvalue weighted by Gasteiger charge is 2.22. The van der Waals surface area contributed by atoms with Crippen molar-refractivity contribution in [3.63, 3.8) is 0 Å². The van der Waals surface area contributed by atoms with E-state index in [1.807, 2.05) is 31.2 Å². The Balaban J connectivity index is 1.79. The van der Waals surface area contributed by atoms with Crippen LogP contribution in [0.2, 0.25) is 0 Å². The summed E-state index contributed by atoms with van der Waals surface area (Å²) in [5, 5.41) is 0. The Bertz CT molecular complexity index is 652. The topological polar surface area (TPSA) is 44.5 Å². The van der Waals surface area contributed by atoms with E-state index in [2.05, 4.69) is 19.1 Å². The maximum absolute atomic E-state index is 6.11. The quantitative estimate of drug-likeness (QED) is 0.871. The molecule has 0 bridgehead atoms. The Morgan fingerprint density at radius 2 is 2.00 bits per heavy atom. The molecule has 2 aromatic rings. The van der Waals surface area contributed by atoms with E-state index in [-0.39, 0.29) is 0 Å². The highest BCUT2D eigenvalue weighted by Crippen LogP contribution is 2.35. The summed E-state index contributed by atoms with van der Waals surface area (Å²) in [5.41, 5.74) is 10.1. The lowest BCUT2D eigenvalue weighted by atomic mass is 9.94. The van der Waals surface area contributed by atoms with Gasteiger partial charge in [-0.2, -0.15) is 0 Å². The predicted molar refractivity (Wildman–Crippen MR) is 85.1 cm³/mol. The molecule has 0 fully saturated rings. The first-order valence-electron chi connectivity index (χ1n) is 7.37. The molecule has 3 rings (SSSR count). The molecule has 0 aromatic heterocycles. The third-order valence-electron chi connectivity index (χ3n) is 4.16. The largest absolute Gasteiger partial charge is 0.493 e. The lowest BCUT2D eigenvalue weighted by Gasteiger charge is -2.26. The first-order chi connectivity index (χ1) is 10.2. The molecule has 110 valence electrons. The molecule has 2 N–H and O–H groups in total. The molecule has 0 saturated carbocycles. The van der Waals surface area contributed by atoms with Crippen LogP contribution >= 0.6 is 0 Å². The highest BCUT2D eigenvalue weighted by molar-refractivity contribution is 5.56. The number of rotatable bonds is 3. The second-order valence-corrected chi connectivity index (χ2v) is 5.61. The van der Waals surface area contributed by atoms with Crippen LogP contribution in [0.3, 0.4) is 0 Å². The second kappa shape index (κ2) is 5.68. The zero-order chi connectivity index (χ0) is 14.8. The molecule has 21 heavy (non-hydrogen) atoms. The van der Waals surface area contributed by atoms with E-state index >= 15 is 0 Å². The summed E-state index contributed by atoms with van der Waals surface area (Å²) in [7, 11) is 0. The number of para-hydroxylation sites is 1. The van der Waals surface area contributed by atoms with Crippen molar-refractivity contribution in [2.24, 2.45) is 0 Å². The normalized spacial score (nSPS) is 17.0. The summed E-state index contributed by atoms with van der Waals surface area (Å²) in [4.78, 5) is 0. The van der Waals surface area contributed by atoms with Gasteiger partial charge in [0.2, 0.25) is 0 Å². The van der Waals surface area contributed by atoms with Gasteiger partial charge in [-0.1, -0.05) is 24.3 Å². The average molecular weight is 283 g/mol. The Hall–Kier alpha value is -2.16. The number of ether oxygens (including phenoxy) is 2. The Kier molecular flexibility index (Phi) is 3.74. The van der Waals surface area contributed by atoms with Gasteiger partial charge in [-0.15, -0.1) is 0 Å². The van der Waals surface area contributed by atoms with E-state index in [0.29, 0.717) is 12.5 Å². The molecule has 1 unspecified atom stereocenters. The zero-order valence-electron chi connectivity index (χ0n) is 12.6. The van der Waals surface area contributed by atoms with Crippen molar-refractivity contribution >= 4 is 5.69 Å². The molecular formula is C18H21NO2. The summed E-state index contributed by atoms with van der Waals surface area (Å²) in [5.74, 6) is 2.27. The van der Waals surface area contributed by atoms with Gasteiger partial charge in [-0.05, 0) is 38.0 Å². The van der Waals surface area contributed by atoms with Gasteiger partial charge in [0.05, 0.1) is 13.2 Å². The summed E-state index contributed by atoms with van der Waals surface area (Å²) in [6.07, 6.45) is 0.984. The molecule has 3 heteroatoms. The summed E-state index contributed by atoms with van der Waals surface area (Å²) < 4.78 is 11.8. The van der Waals surface area contributed by atoms with E-state index < -0.39 is 0 Å². The number of fused-ring (bicyclic) bond motifs is 1. The maximum Gasteiger partial charge on any atom is 0.127 e. The molecular weight excluding hydrogens is 262 g/mol. The number of hydrogen-bond donors (Lipinski definition) is 1. The Labute approximate surface area is 125 Å². The minimum absolute atomic E-state index is 0.371. The van der Waals surface area contributed by atoms with Crippen LogP contribution in [0.25, 0.3) is 0 Å². The van der Waals surface area contributed by atoms with Gasteiger partial charge >= 0.3 is 0 Å². The minimum Gasteiger partial charge on any atom is -0.493 e. The van der Waals surface area contributed by atoms with Crippen molar-refractivity contribution in [1.29, 1.82) is 0 Å². The fraction of sp³-hybridized carbons (Fsp3) is 0.333. The number of nitrogens with two attached hydrogens (primary N) is 1. The van der Waals surface area contributed by atoms with Crippen LogP contribution in [-0.4, -0.2) is 13.2 Å². The van der Waals surface area contributed by atoms with Crippen molar-refractivity contribution in [3.8, 4) is 11.5 Å². The van der Waals surface area contributed by atoms with Crippen LogP contribution in [0, 0.1) is 13.8 Å². The van der Waals surface area contributed by atoms with Crippen LogP contribution < -0.4 is 15.2 Å². The van der Waals surface area contributed by atoms with Gasteiger partial charge in [0.15, 0.2) is 0 Å². The predicted octanol–water partition coefficient (Wildman–Crippen LogP) is 3.83. The summed E-state index contributed by atoms with van der Waals surface area (Å²) in [6, 6.07) is 12.2. The van der Waals surface area contributed by atoms with E-state index in [1.54, 1.807) is 0 Å². The van der Waals surface area contributed by atoms with Crippen molar-refractivity contribution < 1.29 is 9.47 Å². The molecule has 0 amide bonds. The van der Waals surface area contributed by atoms with Crippen molar-refractivity contribution in [1.82, 2.24) is 0 Å². The molecule has 1 atom stereocenters. The molecule has 1 heterocycles. The van der Waals surface area contributed by atoms with Crippen molar-refractivity contribution in [3.05, 3.63) is 53.1 Å². The highest BCUT2D eigenvalue weighted by atomic mass is 16.5. The number of hydrogen-bond acceptors (Lipinski definition) is 3. The van der Waals surface area contributed by atoms with Gasteiger partial charge in [0.1, 0.15) is 11.5 Å². The molecule has 0 aliphatic carbocycles. The lowest BCUT2D eigenvalue weighted by molar-refractivity contribution is 0.216. The molecule has 3 nitrogen and oxygen atoms in total. The van der Waals surface area contributed by atoms with Gasteiger partial charge in [-0.3, -0.25) is 0 Å². The molecule has 0 radical (unpaired) electrons. The van der Waals surface area contributed by atoms with Crippen molar-refractivity contribution in [2.75, 3.05) is 18.9 Å². The first kappa shape index (κ1) is 13.8. The fourth-order valence-corrected chi connectivity index (χ4v) is 2.84. The van der Waals surface area contributed by atoms with Crippen LogP contribution in [0.1, 0.15) is 29.0 Å². The van der Waals surface area contributed by atoms with Crippen molar-refractivity contribution in [2.45, 2.75) is 26.2 Å². The Morgan fingerprint density at radius 3 is 2.86 bits per heavy atom. The number of anilines is 1. The molecule has 1 aliphatic heterocycles. The van der Waals surface area contributed by atoms with Crippen LogP contribution in [0.4, 0.5) is 5.69 Å².